The number of imidazole rings is 1. The lowest BCUT2D eigenvalue weighted by Crippen LogP contribution is -2.13. The first-order valence-electron chi connectivity index (χ1n) is 8.13. The lowest BCUT2D eigenvalue weighted by molar-refractivity contribution is 0.385. The van der Waals surface area contributed by atoms with Crippen molar-refractivity contribution in [2.75, 3.05) is 17.6 Å². The van der Waals surface area contributed by atoms with E-state index in [-0.39, 0.29) is 10.6 Å². The average molecular weight is 405 g/mol. The molecule has 140 valence electrons. The molecule has 0 spiro atoms. The van der Waals surface area contributed by atoms with Crippen LogP contribution in [-0.4, -0.2) is 30.8 Å². The first-order chi connectivity index (χ1) is 13.0. The van der Waals surface area contributed by atoms with Crippen molar-refractivity contribution in [3.63, 3.8) is 0 Å². The molecule has 4 rings (SSSR count). The van der Waals surface area contributed by atoms with E-state index >= 15 is 0 Å². The summed E-state index contributed by atoms with van der Waals surface area (Å²) in [4.78, 5) is 4.40. The van der Waals surface area contributed by atoms with E-state index in [1.165, 1.54) is 19.2 Å². The Bertz CT molecular complexity index is 1070. The zero-order valence-electron chi connectivity index (χ0n) is 14.3. The molecular weight excluding hydrogens is 389 g/mol. The number of hydrogen-bond acceptors (Lipinski definition) is 5. The number of nitrogens with zero attached hydrogens (tertiary/aromatic N) is 2. The summed E-state index contributed by atoms with van der Waals surface area (Å²) in [5.41, 5.74) is 2.14. The lowest BCUT2D eigenvalue weighted by Gasteiger charge is -2.10. The van der Waals surface area contributed by atoms with Gasteiger partial charge >= 0.3 is 0 Å². The van der Waals surface area contributed by atoms with Crippen LogP contribution in [0.3, 0.4) is 0 Å². The van der Waals surface area contributed by atoms with Gasteiger partial charge in [-0.2, -0.15) is 0 Å². The second-order valence-corrected chi connectivity index (χ2v) is 8.67. The van der Waals surface area contributed by atoms with E-state index in [4.69, 9.17) is 4.74 Å². The van der Waals surface area contributed by atoms with Crippen molar-refractivity contribution in [1.29, 1.82) is 0 Å². The molecule has 9 heteroatoms. The number of fused-ring (bicyclic) bond motifs is 1. The molecule has 0 bridgehead atoms. The highest BCUT2D eigenvalue weighted by Crippen LogP contribution is 2.30. The van der Waals surface area contributed by atoms with Crippen molar-refractivity contribution in [3.8, 4) is 17.0 Å². The van der Waals surface area contributed by atoms with Crippen molar-refractivity contribution in [3.05, 3.63) is 54.5 Å². The molecule has 1 N–H and O–H groups in total. The minimum Gasteiger partial charge on any atom is -0.494 e. The second-order valence-electron chi connectivity index (χ2n) is 5.93. The maximum absolute atomic E-state index is 13.8. The number of anilines is 1. The van der Waals surface area contributed by atoms with Crippen LogP contribution in [0.2, 0.25) is 0 Å². The predicted octanol–water partition coefficient (Wildman–Crippen LogP) is 3.60. The van der Waals surface area contributed by atoms with Crippen LogP contribution in [0.25, 0.3) is 11.3 Å². The third-order valence-electron chi connectivity index (χ3n) is 4.17. The molecule has 6 nitrogen and oxygen atoms in total. The summed E-state index contributed by atoms with van der Waals surface area (Å²) < 4.78 is 48.1. The number of nitrogens with one attached hydrogen (secondary N) is 1. The van der Waals surface area contributed by atoms with E-state index in [1.54, 1.807) is 36.0 Å². The van der Waals surface area contributed by atoms with Crippen LogP contribution in [0, 0.1) is 5.82 Å². The number of aromatic nitrogens is 2. The molecule has 27 heavy (non-hydrogen) atoms. The number of rotatable bonds is 5. The minimum atomic E-state index is -3.90. The minimum absolute atomic E-state index is 0.0107. The Kier molecular flexibility index (Phi) is 4.56. The standard InChI is InChI=1S/C18H16FN3O3S2/c1-25-17-7-6-14(10-15(17)19)27(23,24)21-13-4-2-12(3-5-13)16-11-22-8-9-26-18(22)20-16/h2-7,10-11,21H,8-9H2,1H3. The molecule has 0 radical (unpaired) electrons. The van der Waals surface area contributed by atoms with Crippen molar-refractivity contribution in [2.45, 2.75) is 16.6 Å². The number of benzene rings is 2. The van der Waals surface area contributed by atoms with E-state index in [0.717, 1.165) is 34.8 Å². The van der Waals surface area contributed by atoms with Crippen LogP contribution in [0.4, 0.5) is 10.1 Å². The van der Waals surface area contributed by atoms with Crippen molar-refractivity contribution >= 4 is 27.5 Å². The first kappa shape index (κ1) is 17.9. The molecular formula is C18H16FN3O3S2. The van der Waals surface area contributed by atoms with E-state index < -0.39 is 15.8 Å². The molecule has 1 aromatic heterocycles. The first-order valence-corrected chi connectivity index (χ1v) is 10.6. The molecule has 0 unspecified atom stereocenters. The highest BCUT2D eigenvalue weighted by atomic mass is 32.2. The molecule has 1 aliphatic rings. The monoisotopic (exact) mass is 405 g/mol. The van der Waals surface area contributed by atoms with Gasteiger partial charge in [0, 0.05) is 29.7 Å². The third-order valence-corrected chi connectivity index (χ3v) is 6.52. The van der Waals surface area contributed by atoms with Gasteiger partial charge in [-0.25, -0.2) is 17.8 Å². The Hall–Kier alpha value is -2.52. The second kappa shape index (κ2) is 6.90. The molecule has 0 amide bonds. The fourth-order valence-electron chi connectivity index (χ4n) is 2.79. The number of sulfonamides is 1. The van der Waals surface area contributed by atoms with Crippen molar-refractivity contribution in [1.82, 2.24) is 9.55 Å². The Labute approximate surface area is 160 Å². The molecule has 0 atom stereocenters. The average Bonchev–Trinajstić information content (AvgIpc) is 3.24. The van der Waals surface area contributed by atoms with Crippen molar-refractivity contribution in [2.24, 2.45) is 0 Å². The molecule has 2 heterocycles. The van der Waals surface area contributed by atoms with E-state index in [9.17, 15) is 12.8 Å². The zero-order valence-corrected chi connectivity index (χ0v) is 16.0. The Morgan fingerprint density at radius 3 is 2.67 bits per heavy atom. The molecule has 0 aliphatic carbocycles. The van der Waals surface area contributed by atoms with Crippen molar-refractivity contribution < 1.29 is 17.5 Å². The summed E-state index contributed by atoms with van der Waals surface area (Å²) in [6, 6.07) is 10.4. The summed E-state index contributed by atoms with van der Waals surface area (Å²) in [6.45, 7) is 0.948. The van der Waals surface area contributed by atoms with Crippen LogP contribution in [0.5, 0.6) is 5.75 Å². The molecule has 0 saturated heterocycles. The van der Waals surface area contributed by atoms with E-state index in [1.807, 2.05) is 6.20 Å². The number of thioether (sulfide) groups is 1. The fraction of sp³-hybridized carbons (Fsp3) is 0.167. The Morgan fingerprint density at radius 2 is 2.00 bits per heavy atom. The smallest absolute Gasteiger partial charge is 0.262 e. The largest absolute Gasteiger partial charge is 0.494 e. The normalized spacial score (nSPS) is 13.4. The van der Waals surface area contributed by atoms with Crippen LogP contribution >= 0.6 is 11.8 Å². The lowest BCUT2D eigenvalue weighted by atomic mass is 10.1. The highest BCUT2D eigenvalue weighted by Gasteiger charge is 2.18. The maximum Gasteiger partial charge on any atom is 0.262 e. The highest BCUT2D eigenvalue weighted by molar-refractivity contribution is 7.99. The number of aryl methyl sites for hydroxylation is 1. The summed E-state index contributed by atoms with van der Waals surface area (Å²) in [6.07, 6.45) is 1.99. The number of ether oxygens (including phenoxy) is 1. The quantitative estimate of drug-likeness (QED) is 0.702. The molecule has 3 aromatic rings. The fourth-order valence-corrected chi connectivity index (χ4v) is 4.80. The molecule has 0 fully saturated rings. The molecule has 1 aliphatic heterocycles. The number of hydrogen-bond donors (Lipinski definition) is 1. The van der Waals surface area contributed by atoms with Crippen LogP contribution < -0.4 is 9.46 Å². The van der Waals surface area contributed by atoms with Gasteiger partial charge in [0.1, 0.15) is 0 Å². The van der Waals surface area contributed by atoms with Crippen LogP contribution in [0.1, 0.15) is 0 Å². The maximum atomic E-state index is 13.8. The number of methoxy groups -OCH3 is 1. The topological polar surface area (TPSA) is 73.2 Å². The molecule has 0 saturated carbocycles. The van der Waals surface area contributed by atoms with Gasteiger partial charge in [-0.3, -0.25) is 4.72 Å². The summed E-state index contributed by atoms with van der Waals surface area (Å²) in [5, 5.41) is 0.997. The Balaban J connectivity index is 1.54. The van der Waals surface area contributed by atoms with E-state index in [0.29, 0.717) is 5.69 Å². The summed E-state index contributed by atoms with van der Waals surface area (Å²) in [7, 11) is -2.59. The zero-order chi connectivity index (χ0) is 19.0. The summed E-state index contributed by atoms with van der Waals surface area (Å²) in [5.74, 6) is 0.291. The van der Waals surface area contributed by atoms with Gasteiger partial charge in [0.15, 0.2) is 16.7 Å². The van der Waals surface area contributed by atoms with E-state index in [2.05, 4.69) is 14.3 Å². The SMILES string of the molecule is COc1ccc(S(=O)(=O)Nc2ccc(-c3cn4c(n3)SCC4)cc2)cc1F. The van der Waals surface area contributed by atoms with Gasteiger partial charge in [0.2, 0.25) is 0 Å². The molecule has 2 aromatic carbocycles. The Morgan fingerprint density at radius 1 is 1.22 bits per heavy atom. The van der Waals surface area contributed by atoms with Gasteiger partial charge in [0.05, 0.1) is 17.7 Å². The van der Waals surface area contributed by atoms with Gasteiger partial charge in [-0.05, 0) is 30.3 Å². The van der Waals surface area contributed by atoms with Crippen LogP contribution in [-0.2, 0) is 16.6 Å². The van der Waals surface area contributed by atoms with Gasteiger partial charge in [-0.15, -0.1) is 0 Å². The third kappa shape index (κ3) is 3.52. The van der Waals surface area contributed by atoms with Gasteiger partial charge in [0.25, 0.3) is 10.0 Å². The summed E-state index contributed by atoms with van der Waals surface area (Å²) >= 11 is 1.72. The van der Waals surface area contributed by atoms with Crippen LogP contribution in [0.15, 0.2) is 58.7 Å². The number of halogens is 1. The predicted molar refractivity (Wildman–Crippen MR) is 102 cm³/mol. The van der Waals surface area contributed by atoms with Gasteiger partial charge < -0.3 is 9.30 Å². The van der Waals surface area contributed by atoms with Gasteiger partial charge in [-0.1, -0.05) is 23.9 Å².